The summed E-state index contributed by atoms with van der Waals surface area (Å²) in [5.74, 6) is 1.65. The summed E-state index contributed by atoms with van der Waals surface area (Å²) in [6.45, 7) is 7.62. The summed E-state index contributed by atoms with van der Waals surface area (Å²) in [6.07, 6.45) is 1.86. The summed E-state index contributed by atoms with van der Waals surface area (Å²) >= 11 is 5.95. The van der Waals surface area contributed by atoms with Crippen molar-refractivity contribution in [3.05, 3.63) is 94.3 Å². The van der Waals surface area contributed by atoms with Gasteiger partial charge in [-0.05, 0) is 87.2 Å². The van der Waals surface area contributed by atoms with Crippen LogP contribution in [0, 0.1) is 13.8 Å². The Morgan fingerprint density at radius 3 is 2.59 bits per heavy atom. The lowest BCUT2D eigenvalue weighted by molar-refractivity contribution is 0.0937. The molecule has 34 heavy (non-hydrogen) atoms. The quantitative estimate of drug-likeness (QED) is 0.275. The second kappa shape index (κ2) is 10.7. The number of ether oxygens (including phenoxy) is 1. The van der Waals surface area contributed by atoms with Crippen molar-refractivity contribution in [2.45, 2.75) is 46.2 Å². The van der Waals surface area contributed by atoms with Gasteiger partial charge in [0.05, 0.1) is 23.7 Å². The number of amides is 1. The van der Waals surface area contributed by atoms with Gasteiger partial charge in [-0.3, -0.25) is 4.79 Å². The Hall–Kier alpha value is -3.31. The van der Waals surface area contributed by atoms with Gasteiger partial charge in [-0.1, -0.05) is 35.9 Å². The third kappa shape index (κ3) is 5.42. The van der Waals surface area contributed by atoms with Crippen LogP contribution in [0.3, 0.4) is 0 Å². The van der Waals surface area contributed by atoms with Crippen LogP contribution in [0.5, 0.6) is 5.75 Å². The van der Waals surface area contributed by atoms with E-state index in [0.29, 0.717) is 17.2 Å². The molecule has 0 bridgehead atoms. The van der Waals surface area contributed by atoms with E-state index < -0.39 is 0 Å². The number of imidazole rings is 1. The molecular formula is C28H30ClN3O2. The number of hydrogen-bond donors (Lipinski definition) is 1. The van der Waals surface area contributed by atoms with Crippen LogP contribution in [0.4, 0.5) is 0 Å². The highest BCUT2D eigenvalue weighted by Gasteiger charge is 2.19. The molecule has 1 unspecified atom stereocenters. The van der Waals surface area contributed by atoms with Crippen LogP contribution < -0.4 is 10.1 Å². The van der Waals surface area contributed by atoms with E-state index in [4.69, 9.17) is 21.3 Å². The maximum absolute atomic E-state index is 12.7. The van der Waals surface area contributed by atoms with Crippen molar-refractivity contribution < 1.29 is 9.53 Å². The van der Waals surface area contributed by atoms with Gasteiger partial charge in [0.1, 0.15) is 11.6 Å². The highest BCUT2D eigenvalue weighted by molar-refractivity contribution is 6.30. The molecule has 1 N–H and O–H groups in total. The van der Waals surface area contributed by atoms with E-state index in [2.05, 4.69) is 35.9 Å². The third-order valence-electron chi connectivity index (χ3n) is 6.11. The number of para-hydroxylation sites is 2. The summed E-state index contributed by atoms with van der Waals surface area (Å²) in [6, 6.07) is 20.9. The van der Waals surface area contributed by atoms with Crippen LogP contribution in [0.25, 0.3) is 11.0 Å². The van der Waals surface area contributed by atoms with E-state index in [-0.39, 0.29) is 11.9 Å². The summed E-state index contributed by atoms with van der Waals surface area (Å²) in [5, 5.41) is 3.68. The van der Waals surface area contributed by atoms with Crippen molar-refractivity contribution in [2.75, 3.05) is 6.61 Å². The van der Waals surface area contributed by atoms with Gasteiger partial charge in [0.15, 0.2) is 0 Å². The molecule has 0 aliphatic carbocycles. The minimum Gasteiger partial charge on any atom is -0.493 e. The normalized spacial score (nSPS) is 12.0. The first-order valence-corrected chi connectivity index (χ1v) is 12.0. The zero-order valence-electron chi connectivity index (χ0n) is 19.8. The van der Waals surface area contributed by atoms with Gasteiger partial charge in [0.2, 0.25) is 0 Å². The van der Waals surface area contributed by atoms with Gasteiger partial charge in [-0.15, -0.1) is 0 Å². The predicted octanol–water partition coefficient (Wildman–Crippen LogP) is 6.66. The molecular weight excluding hydrogens is 446 g/mol. The van der Waals surface area contributed by atoms with Crippen LogP contribution in [0.15, 0.2) is 66.7 Å². The molecule has 1 heterocycles. The number of carbonyl (C=O) groups excluding carboxylic acids is 1. The lowest BCUT2D eigenvalue weighted by Gasteiger charge is -2.17. The van der Waals surface area contributed by atoms with E-state index >= 15 is 0 Å². The Kier molecular flexibility index (Phi) is 7.53. The number of nitrogens with one attached hydrogen (secondary N) is 1. The van der Waals surface area contributed by atoms with Crippen LogP contribution in [0.2, 0.25) is 5.02 Å². The number of carbonyl (C=O) groups is 1. The molecule has 176 valence electrons. The topological polar surface area (TPSA) is 56.1 Å². The average molecular weight is 476 g/mol. The van der Waals surface area contributed by atoms with Crippen molar-refractivity contribution in [1.29, 1.82) is 0 Å². The third-order valence-corrected chi connectivity index (χ3v) is 6.37. The van der Waals surface area contributed by atoms with Crippen molar-refractivity contribution >= 4 is 28.5 Å². The van der Waals surface area contributed by atoms with Crippen LogP contribution >= 0.6 is 11.6 Å². The standard InChI is InChI=1S/C28H30ClN3O2/c1-19-9-8-12-26(20(19)2)34-18-7-6-17-32-25-11-5-4-10-24(25)31-27(32)21(3)30-28(33)22-13-15-23(29)16-14-22/h4-5,8-16,21H,6-7,17-18H2,1-3H3,(H,30,33). The molecule has 0 radical (unpaired) electrons. The number of benzene rings is 3. The van der Waals surface area contributed by atoms with Crippen LogP contribution in [-0.2, 0) is 6.54 Å². The largest absolute Gasteiger partial charge is 0.493 e. The smallest absolute Gasteiger partial charge is 0.251 e. The zero-order valence-corrected chi connectivity index (χ0v) is 20.6. The summed E-state index contributed by atoms with van der Waals surface area (Å²) in [7, 11) is 0. The molecule has 1 amide bonds. The summed E-state index contributed by atoms with van der Waals surface area (Å²) in [4.78, 5) is 17.6. The maximum Gasteiger partial charge on any atom is 0.251 e. The molecule has 4 rings (SSSR count). The molecule has 1 aromatic heterocycles. The zero-order chi connectivity index (χ0) is 24.1. The summed E-state index contributed by atoms with van der Waals surface area (Å²) < 4.78 is 8.23. The van der Waals surface area contributed by atoms with Gasteiger partial charge in [0, 0.05) is 17.1 Å². The van der Waals surface area contributed by atoms with Crippen molar-refractivity contribution in [3.8, 4) is 5.75 Å². The molecule has 0 saturated carbocycles. The lowest BCUT2D eigenvalue weighted by Crippen LogP contribution is -2.28. The van der Waals surface area contributed by atoms with E-state index in [1.807, 2.05) is 37.3 Å². The minimum atomic E-state index is -0.248. The molecule has 1 atom stereocenters. The molecule has 0 aliphatic rings. The van der Waals surface area contributed by atoms with Crippen molar-refractivity contribution in [3.63, 3.8) is 0 Å². The molecule has 0 saturated heterocycles. The van der Waals surface area contributed by atoms with E-state index in [1.165, 1.54) is 11.1 Å². The van der Waals surface area contributed by atoms with Crippen LogP contribution in [-0.4, -0.2) is 22.1 Å². The minimum absolute atomic E-state index is 0.148. The van der Waals surface area contributed by atoms with Crippen LogP contribution in [0.1, 0.15) is 53.1 Å². The number of aryl methyl sites for hydroxylation is 2. The second-order valence-electron chi connectivity index (χ2n) is 8.57. The Morgan fingerprint density at radius 1 is 1.03 bits per heavy atom. The Bertz CT molecular complexity index is 1280. The number of fused-ring (bicyclic) bond motifs is 1. The number of unbranched alkanes of at least 4 members (excludes halogenated alkanes) is 1. The highest BCUT2D eigenvalue weighted by atomic mass is 35.5. The molecule has 5 nitrogen and oxygen atoms in total. The van der Waals surface area contributed by atoms with Gasteiger partial charge in [-0.2, -0.15) is 0 Å². The van der Waals surface area contributed by atoms with Gasteiger partial charge in [0.25, 0.3) is 5.91 Å². The van der Waals surface area contributed by atoms with Crippen molar-refractivity contribution in [1.82, 2.24) is 14.9 Å². The average Bonchev–Trinajstić information content (AvgIpc) is 3.20. The first-order chi connectivity index (χ1) is 16.4. The highest BCUT2D eigenvalue weighted by Crippen LogP contribution is 2.23. The molecule has 0 spiro atoms. The van der Waals surface area contributed by atoms with Crippen molar-refractivity contribution in [2.24, 2.45) is 0 Å². The number of halogens is 1. The number of nitrogens with zero attached hydrogens (tertiary/aromatic N) is 2. The Morgan fingerprint density at radius 2 is 1.79 bits per heavy atom. The molecule has 4 aromatic rings. The van der Waals surface area contributed by atoms with Gasteiger partial charge in [-0.25, -0.2) is 4.98 Å². The number of rotatable bonds is 9. The summed E-state index contributed by atoms with van der Waals surface area (Å²) in [5.41, 5.74) is 5.00. The fourth-order valence-corrected chi connectivity index (χ4v) is 4.17. The first kappa shape index (κ1) is 23.8. The first-order valence-electron chi connectivity index (χ1n) is 11.6. The molecule has 0 fully saturated rings. The number of hydrogen-bond acceptors (Lipinski definition) is 3. The fraction of sp³-hybridized carbons (Fsp3) is 0.286. The Balaban J connectivity index is 1.42. The number of aromatic nitrogens is 2. The lowest BCUT2D eigenvalue weighted by atomic mass is 10.1. The fourth-order valence-electron chi connectivity index (χ4n) is 4.04. The molecule has 0 aliphatic heterocycles. The SMILES string of the molecule is Cc1cccc(OCCCCn2c(C(C)NC(=O)c3ccc(Cl)cc3)nc3ccccc32)c1C. The monoisotopic (exact) mass is 475 g/mol. The van der Waals surface area contributed by atoms with E-state index in [9.17, 15) is 4.79 Å². The van der Waals surface area contributed by atoms with Gasteiger partial charge < -0.3 is 14.6 Å². The van der Waals surface area contributed by atoms with E-state index in [0.717, 1.165) is 42.0 Å². The second-order valence-corrected chi connectivity index (χ2v) is 9.00. The molecule has 6 heteroatoms. The maximum atomic E-state index is 12.7. The molecule has 3 aromatic carbocycles. The van der Waals surface area contributed by atoms with E-state index in [1.54, 1.807) is 24.3 Å². The Labute approximate surface area is 205 Å². The predicted molar refractivity (Wildman–Crippen MR) is 138 cm³/mol. The van der Waals surface area contributed by atoms with Gasteiger partial charge >= 0.3 is 0 Å².